The third-order valence-corrected chi connectivity index (χ3v) is 3.97. The number of rotatable bonds is 3. The zero-order valence-electron chi connectivity index (χ0n) is 11.6. The highest BCUT2D eigenvalue weighted by Gasteiger charge is 2.31. The van der Waals surface area contributed by atoms with Crippen LogP contribution in [0.15, 0.2) is 23.2 Å². The van der Waals surface area contributed by atoms with Crippen LogP contribution in [0.5, 0.6) is 0 Å². The van der Waals surface area contributed by atoms with E-state index in [1.54, 1.807) is 0 Å². The summed E-state index contributed by atoms with van der Waals surface area (Å²) in [5.74, 6) is 0.520. The molecule has 3 heteroatoms. The number of nitrogens with two attached hydrogens (primary N) is 1. The molecule has 3 N–H and O–H groups in total. The molecule has 1 aromatic rings. The summed E-state index contributed by atoms with van der Waals surface area (Å²) in [4.78, 5) is 4.45. The van der Waals surface area contributed by atoms with Crippen LogP contribution in [0, 0.1) is 19.3 Å². The molecule has 0 spiro atoms. The minimum Gasteiger partial charge on any atom is -0.370 e. The van der Waals surface area contributed by atoms with E-state index in [0.717, 1.165) is 12.2 Å². The van der Waals surface area contributed by atoms with Gasteiger partial charge in [-0.15, -0.1) is 0 Å². The van der Waals surface area contributed by atoms with Gasteiger partial charge in [0.1, 0.15) is 0 Å². The van der Waals surface area contributed by atoms with Crippen molar-refractivity contribution in [2.75, 3.05) is 11.9 Å². The van der Waals surface area contributed by atoms with Crippen molar-refractivity contribution in [3.63, 3.8) is 0 Å². The van der Waals surface area contributed by atoms with E-state index in [2.05, 4.69) is 43.2 Å². The quantitative estimate of drug-likeness (QED) is 0.634. The second-order valence-corrected chi connectivity index (χ2v) is 5.79. The van der Waals surface area contributed by atoms with E-state index in [-0.39, 0.29) is 0 Å². The number of aryl methyl sites for hydroxylation is 2. The predicted octanol–water partition coefficient (Wildman–Crippen LogP) is 3.22. The average Bonchev–Trinajstić information content (AvgIpc) is 2.29. The molecule has 0 unspecified atom stereocenters. The molecule has 2 rings (SSSR count). The summed E-state index contributed by atoms with van der Waals surface area (Å²) >= 11 is 0. The van der Waals surface area contributed by atoms with Gasteiger partial charge in [-0.25, -0.2) is 0 Å². The molecule has 0 saturated heterocycles. The first-order valence-electron chi connectivity index (χ1n) is 6.63. The summed E-state index contributed by atoms with van der Waals surface area (Å²) in [6.07, 6.45) is 3.87. The minimum absolute atomic E-state index is 0.384. The highest BCUT2D eigenvalue weighted by Crippen LogP contribution is 2.40. The van der Waals surface area contributed by atoms with Crippen LogP contribution in [-0.2, 0) is 0 Å². The number of hydrogen-bond donors (Lipinski definition) is 2. The highest BCUT2D eigenvalue weighted by atomic mass is 15.1. The summed E-state index contributed by atoms with van der Waals surface area (Å²) in [7, 11) is 0. The van der Waals surface area contributed by atoms with Crippen molar-refractivity contribution >= 4 is 11.6 Å². The topological polar surface area (TPSA) is 50.4 Å². The standard InChI is InChI=1S/C15H23N3/c1-11-5-6-13(9-12(11)2)18-14(16)17-10-15(3)7-4-8-15/h5-6,9H,4,7-8,10H2,1-3H3,(H3,16,17,18). The van der Waals surface area contributed by atoms with E-state index >= 15 is 0 Å². The number of nitrogens with zero attached hydrogens (tertiary/aromatic N) is 1. The molecule has 0 radical (unpaired) electrons. The molecule has 0 heterocycles. The lowest BCUT2D eigenvalue weighted by molar-refractivity contribution is 0.174. The third kappa shape index (κ3) is 3.03. The van der Waals surface area contributed by atoms with E-state index in [9.17, 15) is 0 Å². The first-order chi connectivity index (χ1) is 8.48. The lowest BCUT2D eigenvalue weighted by atomic mass is 9.71. The first kappa shape index (κ1) is 12.9. The molecule has 1 aromatic carbocycles. The molecule has 1 fully saturated rings. The first-order valence-corrected chi connectivity index (χ1v) is 6.63. The van der Waals surface area contributed by atoms with Crippen LogP contribution in [-0.4, -0.2) is 12.5 Å². The summed E-state index contributed by atoms with van der Waals surface area (Å²) in [6, 6.07) is 6.23. The normalized spacial score (nSPS) is 18.3. The maximum absolute atomic E-state index is 5.92. The van der Waals surface area contributed by atoms with Crippen LogP contribution < -0.4 is 11.1 Å². The molecule has 0 bridgehead atoms. The Morgan fingerprint density at radius 2 is 2.06 bits per heavy atom. The fraction of sp³-hybridized carbons (Fsp3) is 0.533. The maximum Gasteiger partial charge on any atom is 0.193 e. The van der Waals surface area contributed by atoms with Gasteiger partial charge in [-0.1, -0.05) is 19.4 Å². The second-order valence-electron chi connectivity index (χ2n) is 5.79. The summed E-state index contributed by atoms with van der Waals surface area (Å²) in [5.41, 5.74) is 9.87. The smallest absolute Gasteiger partial charge is 0.193 e. The van der Waals surface area contributed by atoms with E-state index in [1.165, 1.54) is 30.4 Å². The van der Waals surface area contributed by atoms with Crippen LogP contribution in [0.1, 0.15) is 37.3 Å². The van der Waals surface area contributed by atoms with Gasteiger partial charge in [-0.2, -0.15) is 0 Å². The third-order valence-electron chi connectivity index (χ3n) is 3.97. The Morgan fingerprint density at radius 3 is 2.61 bits per heavy atom. The van der Waals surface area contributed by atoms with Gasteiger partial charge in [-0.3, -0.25) is 4.99 Å². The van der Waals surface area contributed by atoms with Crippen molar-refractivity contribution in [2.24, 2.45) is 16.1 Å². The molecule has 18 heavy (non-hydrogen) atoms. The summed E-state index contributed by atoms with van der Waals surface area (Å²) < 4.78 is 0. The summed E-state index contributed by atoms with van der Waals surface area (Å²) in [5, 5.41) is 3.16. The predicted molar refractivity (Wildman–Crippen MR) is 78.0 cm³/mol. The molecule has 1 saturated carbocycles. The Labute approximate surface area is 109 Å². The van der Waals surface area contributed by atoms with Crippen molar-refractivity contribution < 1.29 is 0 Å². The molecule has 0 atom stereocenters. The van der Waals surface area contributed by atoms with Gasteiger partial charge >= 0.3 is 0 Å². The Balaban J connectivity index is 1.95. The van der Waals surface area contributed by atoms with Crippen molar-refractivity contribution in [3.05, 3.63) is 29.3 Å². The second kappa shape index (κ2) is 5.01. The van der Waals surface area contributed by atoms with Gasteiger partial charge in [0.15, 0.2) is 5.96 Å². The van der Waals surface area contributed by atoms with Crippen molar-refractivity contribution in [2.45, 2.75) is 40.0 Å². The summed E-state index contributed by atoms with van der Waals surface area (Å²) in [6.45, 7) is 7.32. The zero-order valence-corrected chi connectivity index (χ0v) is 11.6. The van der Waals surface area contributed by atoms with Gasteiger partial charge in [-0.05, 0) is 55.4 Å². The Hall–Kier alpha value is -1.51. The average molecular weight is 245 g/mol. The minimum atomic E-state index is 0.384. The van der Waals surface area contributed by atoms with Crippen molar-refractivity contribution in [3.8, 4) is 0 Å². The van der Waals surface area contributed by atoms with E-state index in [0.29, 0.717) is 11.4 Å². The van der Waals surface area contributed by atoms with E-state index < -0.39 is 0 Å². The fourth-order valence-corrected chi connectivity index (χ4v) is 2.22. The number of anilines is 1. The Morgan fingerprint density at radius 1 is 1.33 bits per heavy atom. The Kier molecular flexibility index (Phi) is 3.60. The lowest BCUT2D eigenvalue weighted by Gasteiger charge is -2.36. The number of guanidine groups is 1. The van der Waals surface area contributed by atoms with E-state index in [1.807, 2.05) is 6.07 Å². The van der Waals surface area contributed by atoms with Crippen LogP contribution in [0.2, 0.25) is 0 Å². The van der Waals surface area contributed by atoms with Gasteiger partial charge in [0.2, 0.25) is 0 Å². The van der Waals surface area contributed by atoms with Gasteiger partial charge in [0.05, 0.1) is 0 Å². The number of benzene rings is 1. The van der Waals surface area contributed by atoms with Crippen LogP contribution in [0.25, 0.3) is 0 Å². The molecule has 0 aromatic heterocycles. The van der Waals surface area contributed by atoms with Crippen molar-refractivity contribution in [1.82, 2.24) is 0 Å². The van der Waals surface area contributed by atoms with Crippen LogP contribution >= 0.6 is 0 Å². The molecule has 0 aliphatic heterocycles. The monoisotopic (exact) mass is 245 g/mol. The molecule has 1 aliphatic carbocycles. The van der Waals surface area contributed by atoms with Crippen LogP contribution in [0.3, 0.4) is 0 Å². The SMILES string of the molecule is Cc1ccc(NC(N)=NCC2(C)CCC2)cc1C. The lowest BCUT2D eigenvalue weighted by Crippen LogP contribution is -2.31. The molecular formula is C15H23N3. The Bertz CT molecular complexity index is 459. The molecular weight excluding hydrogens is 222 g/mol. The van der Waals surface area contributed by atoms with Gasteiger partial charge in [0, 0.05) is 12.2 Å². The zero-order chi connectivity index (χ0) is 13.2. The number of hydrogen-bond acceptors (Lipinski definition) is 1. The fourth-order valence-electron chi connectivity index (χ4n) is 2.22. The van der Waals surface area contributed by atoms with Gasteiger partial charge < -0.3 is 11.1 Å². The molecule has 0 amide bonds. The van der Waals surface area contributed by atoms with E-state index in [4.69, 9.17) is 5.73 Å². The molecule has 98 valence electrons. The maximum atomic E-state index is 5.92. The van der Waals surface area contributed by atoms with Gasteiger partial charge in [0.25, 0.3) is 0 Å². The van der Waals surface area contributed by atoms with Crippen molar-refractivity contribution in [1.29, 1.82) is 0 Å². The number of nitrogens with one attached hydrogen (secondary N) is 1. The number of aliphatic imine (C=N–C) groups is 1. The highest BCUT2D eigenvalue weighted by molar-refractivity contribution is 5.92. The largest absolute Gasteiger partial charge is 0.370 e. The van der Waals surface area contributed by atoms with Crippen LogP contribution in [0.4, 0.5) is 5.69 Å². The molecule has 1 aliphatic rings. The molecule has 3 nitrogen and oxygen atoms in total.